The van der Waals surface area contributed by atoms with E-state index in [1.165, 1.54) is 31.4 Å². The largest absolute Gasteiger partial charge is 0.383 e. The minimum Gasteiger partial charge on any atom is -0.383 e. The Morgan fingerprint density at radius 1 is 1.31 bits per heavy atom. The van der Waals surface area contributed by atoms with Crippen LogP contribution < -0.4 is 5.73 Å². The third-order valence-electron chi connectivity index (χ3n) is 3.16. The minimum absolute atomic E-state index is 0.618. The molecule has 1 aromatic rings. The van der Waals surface area contributed by atoms with Crippen molar-refractivity contribution >= 4 is 28.4 Å². The van der Waals surface area contributed by atoms with Gasteiger partial charge in [0.15, 0.2) is 0 Å². The van der Waals surface area contributed by atoms with Gasteiger partial charge < -0.3 is 5.73 Å². The first-order chi connectivity index (χ1) is 7.72. The van der Waals surface area contributed by atoms with Crippen LogP contribution in [0, 0.1) is 3.57 Å². The predicted octanol–water partition coefficient (Wildman–Crippen LogP) is 3.27. The van der Waals surface area contributed by atoms with Gasteiger partial charge in [-0.05, 0) is 41.9 Å². The lowest BCUT2D eigenvalue weighted by atomic mass is 10.0. The summed E-state index contributed by atoms with van der Waals surface area (Å²) in [4.78, 5) is 9.06. The lowest BCUT2D eigenvalue weighted by Gasteiger charge is -2.13. The maximum atomic E-state index is 5.96. The summed E-state index contributed by atoms with van der Waals surface area (Å²) < 4.78 is 1.07. The summed E-state index contributed by atoms with van der Waals surface area (Å²) in [5, 5.41) is 0. The smallest absolute Gasteiger partial charge is 0.140 e. The lowest BCUT2D eigenvalue weighted by Crippen LogP contribution is -2.09. The zero-order valence-electron chi connectivity index (χ0n) is 9.67. The summed E-state index contributed by atoms with van der Waals surface area (Å²) in [5.41, 5.74) is 7.16. The molecule has 1 aliphatic rings. The number of nitrogens with two attached hydrogens (primary N) is 1. The molecule has 3 nitrogen and oxygen atoms in total. The third-order valence-corrected chi connectivity index (χ3v) is 4.27. The topological polar surface area (TPSA) is 51.8 Å². The van der Waals surface area contributed by atoms with Gasteiger partial charge in [0.2, 0.25) is 0 Å². The molecule has 16 heavy (non-hydrogen) atoms. The molecule has 0 amide bonds. The second-order valence-electron chi connectivity index (χ2n) is 4.46. The highest BCUT2D eigenvalue weighted by molar-refractivity contribution is 14.1. The Bertz CT molecular complexity index is 373. The number of aromatic nitrogens is 2. The van der Waals surface area contributed by atoms with E-state index >= 15 is 0 Å². The Labute approximate surface area is 110 Å². The van der Waals surface area contributed by atoms with E-state index in [9.17, 15) is 0 Å². The number of nitrogens with zero attached hydrogens (tertiary/aromatic N) is 2. The average Bonchev–Trinajstić information content (AvgIpc) is 2.76. The Morgan fingerprint density at radius 2 is 2.00 bits per heavy atom. The first kappa shape index (κ1) is 12.1. The zero-order valence-corrected chi connectivity index (χ0v) is 11.8. The van der Waals surface area contributed by atoms with Crippen LogP contribution in [0.25, 0.3) is 0 Å². The molecule has 0 spiro atoms. The summed E-state index contributed by atoms with van der Waals surface area (Å²) >= 11 is 2.29. The van der Waals surface area contributed by atoms with E-state index in [4.69, 9.17) is 10.7 Å². The van der Waals surface area contributed by atoms with E-state index in [0.29, 0.717) is 11.7 Å². The SMILES string of the molecule is CCCc1nc(N)c(I)c(C2CCCC2)n1. The minimum atomic E-state index is 0.618. The molecule has 4 heteroatoms. The van der Waals surface area contributed by atoms with Gasteiger partial charge in [-0.25, -0.2) is 9.97 Å². The van der Waals surface area contributed by atoms with Crippen LogP contribution in [0.1, 0.15) is 56.5 Å². The van der Waals surface area contributed by atoms with Gasteiger partial charge in [0.25, 0.3) is 0 Å². The van der Waals surface area contributed by atoms with Gasteiger partial charge >= 0.3 is 0 Å². The number of hydrogen-bond donors (Lipinski definition) is 1. The van der Waals surface area contributed by atoms with E-state index in [1.54, 1.807) is 0 Å². The van der Waals surface area contributed by atoms with Gasteiger partial charge in [-0.15, -0.1) is 0 Å². The Morgan fingerprint density at radius 3 is 2.62 bits per heavy atom. The van der Waals surface area contributed by atoms with E-state index < -0.39 is 0 Å². The normalized spacial score (nSPS) is 16.9. The number of anilines is 1. The monoisotopic (exact) mass is 331 g/mol. The van der Waals surface area contributed by atoms with E-state index in [1.807, 2.05) is 0 Å². The van der Waals surface area contributed by atoms with Gasteiger partial charge in [0, 0.05) is 12.3 Å². The average molecular weight is 331 g/mol. The van der Waals surface area contributed by atoms with Crippen LogP contribution >= 0.6 is 22.6 Å². The molecule has 2 rings (SSSR count). The maximum absolute atomic E-state index is 5.96. The summed E-state index contributed by atoms with van der Waals surface area (Å²) in [5.74, 6) is 2.20. The van der Waals surface area contributed by atoms with Gasteiger partial charge in [-0.3, -0.25) is 0 Å². The highest BCUT2D eigenvalue weighted by atomic mass is 127. The number of nitrogen functional groups attached to an aromatic ring is 1. The van der Waals surface area contributed by atoms with Crippen LogP contribution in [0.5, 0.6) is 0 Å². The quantitative estimate of drug-likeness (QED) is 0.865. The summed E-state index contributed by atoms with van der Waals surface area (Å²) in [7, 11) is 0. The van der Waals surface area contributed by atoms with Crippen LogP contribution in [0.15, 0.2) is 0 Å². The molecule has 0 saturated heterocycles. The molecule has 0 aliphatic heterocycles. The fourth-order valence-corrected chi connectivity index (χ4v) is 3.02. The molecule has 2 N–H and O–H groups in total. The van der Waals surface area contributed by atoms with Gasteiger partial charge in [0.05, 0.1) is 9.26 Å². The van der Waals surface area contributed by atoms with Crippen molar-refractivity contribution in [3.05, 3.63) is 15.1 Å². The zero-order chi connectivity index (χ0) is 11.5. The van der Waals surface area contributed by atoms with E-state index in [0.717, 1.165) is 22.2 Å². The van der Waals surface area contributed by atoms with Crippen molar-refractivity contribution < 1.29 is 0 Å². The van der Waals surface area contributed by atoms with E-state index in [-0.39, 0.29) is 0 Å². The molecule has 0 bridgehead atoms. The Kier molecular flexibility index (Phi) is 4.00. The molecule has 88 valence electrons. The number of aryl methyl sites for hydroxylation is 1. The van der Waals surface area contributed by atoms with Crippen LogP contribution in [0.2, 0.25) is 0 Å². The molecule has 1 aliphatic carbocycles. The van der Waals surface area contributed by atoms with Crippen LogP contribution in [-0.2, 0) is 6.42 Å². The highest BCUT2D eigenvalue weighted by Crippen LogP contribution is 2.36. The van der Waals surface area contributed by atoms with Crippen molar-refractivity contribution in [2.24, 2.45) is 0 Å². The fraction of sp³-hybridized carbons (Fsp3) is 0.667. The molecule has 1 aromatic heterocycles. The van der Waals surface area contributed by atoms with Crippen LogP contribution in [0.3, 0.4) is 0 Å². The van der Waals surface area contributed by atoms with Gasteiger partial charge in [0.1, 0.15) is 11.6 Å². The van der Waals surface area contributed by atoms with Crippen molar-refractivity contribution in [1.82, 2.24) is 9.97 Å². The fourth-order valence-electron chi connectivity index (χ4n) is 2.34. The molecule has 0 atom stereocenters. The molecular weight excluding hydrogens is 313 g/mol. The van der Waals surface area contributed by atoms with Crippen molar-refractivity contribution in [3.63, 3.8) is 0 Å². The molecule has 1 fully saturated rings. The van der Waals surface area contributed by atoms with Crippen molar-refractivity contribution in [2.75, 3.05) is 5.73 Å². The number of halogens is 1. The molecule has 1 heterocycles. The van der Waals surface area contributed by atoms with Crippen molar-refractivity contribution in [3.8, 4) is 0 Å². The molecule has 1 saturated carbocycles. The van der Waals surface area contributed by atoms with Crippen LogP contribution in [-0.4, -0.2) is 9.97 Å². The Hall–Kier alpha value is -0.390. The molecule has 0 radical (unpaired) electrons. The Balaban J connectivity index is 2.33. The second kappa shape index (κ2) is 5.29. The number of hydrogen-bond acceptors (Lipinski definition) is 3. The van der Waals surface area contributed by atoms with Crippen LogP contribution in [0.4, 0.5) is 5.82 Å². The number of rotatable bonds is 3. The third kappa shape index (κ3) is 2.47. The maximum Gasteiger partial charge on any atom is 0.140 e. The van der Waals surface area contributed by atoms with Crippen molar-refractivity contribution in [2.45, 2.75) is 51.4 Å². The molecular formula is C12H18IN3. The predicted molar refractivity (Wildman–Crippen MR) is 74.4 cm³/mol. The van der Waals surface area contributed by atoms with Gasteiger partial charge in [-0.2, -0.15) is 0 Å². The first-order valence-electron chi connectivity index (χ1n) is 6.04. The molecule has 0 aromatic carbocycles. The second-order valence-corrected chi connectivity index (χ2v) is 5.53. The first-order valence-corrected chi connectivity index (χ1v) is 7.12. The lowest BCUT2D eigenvalue weighted by molar-refractivity contribution is 0.675. The highest BCUT2D eigenvalue weighted by Gasteiger charge is 2.22. The summed E-state index contributed by atoms with van der Waals surface area (Å²) in [6.07, 6.45) is 7.18. The van der Waals surface area contributed by atoms with E-state index in [2.05, 4.69) is 34.5 Å². The van der Waals surface area contributed by atoms with Gasteiger partial charge in [-0.1, -0.05) is 19.8 Å². The summed E-state index contributed by atoms with van der Waals surface area (Å²) in [6, 6.07) is 0. The molecule has 0 unspecified atom stereocenters. The van der Waals surface area contributed by atoms with Crippen molar-refractivity contribution in [1.29, 1.82) is 0 Å². The summed E-state index contributed by atoms with van der Waals surface area (Å²) in [6.45, 7) is 2.15. The standard InChI is InChI=1S/C12H18IN3/c1-2-5-9-15-11(8-6-3-4-7-8)10(13)12(14)16-9/h8H,2-7H2,1H3,(H2,14,15,16).